The molecule has 0 amide bonds. The van der Waals surface area contributed by atoms with Gasteiger partial charge in [-0.25, -0.2) is 8.42 Å². The van der Waals surface area contributed by atoms with Crippen LogP contribution in [0.25, 0.3) is 0 Å². The second-order valence-corrected chi connectivity index (χ2v) is 6.26. The van der Waals surface area contributed by atoms with Crippen LogP contribution < -0.4 is 4.74 Å². The summed E-state index contributed by atoms with van der Waals surface area (Å²) in [6, 6.07) is 8.89. The number of sulfone groups is 1. The lowest BCUT2D eigenvalue weighted by molar-refractivity contribution is 0.217. The zero-order chi connectivity index (χ0) is 14.1. The summed E-state index contributed by atoms with van der Waals surface area (Å²) < 4.78 is 33.2. The molecule has 0 saturated heterocycles. The number of nitriles is 1. The Morgan fingerprint density at radius 3 is 2.63 bits per heavy atom. The van der Waals surface area contributed by atoms with Crippen LogP contribution >= 0.6 is 0 Å². The Kier molecular flexibility index (Phi) is 6.33. The van der Waals surface area contributed by atoms with Crippen LogP contribution in [0.1, 0.15) is 12.0 Å². The van der Waals surface area contributed by atoms with Crippen molar-refractivity contribution in [2.45, 2.75) is 6.42 Å². The van der Waals surface area contributed by atoms with Gasteiger partial charge in [-0.05, 0) is 18.6 Å². The third-order valence-electron chi connectivity index (χ3n) is 2.46. The predicted octanol–water partition coefficient (Wildman–Crippen LogP) is 1.39. The topological polar surface area (TPSA) is 76.4 Å². The van der Waals surface area contributed by atoms with Gasteiger partial charge in [0.15, 0.2) is 9.84 Å². The van der Waals surface area contributed by atoms with Crippen LogP contribution in [0, 0.1) is 11.3 Å². The molecule has 1 aromatic rings. The highest BCUT2D eigenvalue weighted by Crippen LogP contribution is 2.16. The zero-order valence-corrected chi connectivity index (χ0v) is 11.6. The summed E-state index contributed by atoms with van der Waals surface area (Å²) in [7, 11) is -1.61. The molecule has 0 aliphatic heterocycles. The van der Waals surface area contributed by atoms with Crippen LogP contribution in [0.5, 0.6) is 5.75 Å². The smallest absolute Gasteiger partial charge is 0.152 e. The molecule has 0 fully saturated rings. The molecular weight excluding hydrogens is 266 g/mol. The molecule has 0 radical (unpaired) electrons. The van der Waals surface area contributed by atoms with E-state index >= 15 is 0 Å². The van der Waals surface area contributed by atoms with Gasteiger partial charge < -0.3 is 9.47 Å². The summed E-state index contributed by atoms with van der Waals surface area (Å²) in [6.45, 7) is 0.478. The Morgan fingerprint density at radius 1 is 1.21 bits per heavy atom. The molecular formula is C13H17NO4S. The second kappa shape index (κ2) is 7.77. The molecule has 19 heavy (non-hydrogen) atoms. The van der Waals surface area contributed by atoms with E-state index in [1.54, 1.807) is 24.3 Å². The molecule has 0 N–H and O–H groups in total. The van der Waals surface area contributed by atoms with Crippen LogP contribution in [0.3, 0.4) is 0 Å². The van der Waals surface area contributed by atoms with Crippen LogP contribution in [0.4, 0.5) is 0 Å². The van der Waals surface area contributed by atoms with Crippen molar-refractivity contribution in [2.75, 3.05) is 31.8 Å². The first-order valence-electron chi connectivity index (χ1n) is 5.90. The maximum absolute atomic E-state index is 11.5. The van der Waals surface area contributed by atoms with Crippen molar-refractivity contribution in [3.8, 4) is 11.8 Å². The van der Waals surface area contributed by atoms with Gasteiger partial charge in [0.05, 0.1) is 30.3 Å². The minimum absolute atomic E-state index is 0.0261. The summed E-state index contributed by atoms with van der Waals surface area (Å²) in [6.07, 6.45) is 0.395. The van der Waals surface area contributed by atoms with Gasteiger partial charge in [0.1, 0.15) is 11.8 Å². The van der Waals surface area contributed by atoms with Crippen molar-refractivity contribution in [3.63, 3.8) is 0 Å². The minimum atomic E-state index is -3.08. The summed E-state index contributed by atoms with van der Waals surface area (Å²) in [5.41, 5.74) is 0.449. The predicted molar refractivity (Wildman–Crippen MR) is 71.8 cm³/mol. The monoisotopic (exact) mass is 283 g/mol. The fourth-order valence-electron chi connectivity index (χ4n) is 1.46. The number of hydrogen-bond donors (Lipinski definition) is 0. The van der Waals surface area contributed by atoms with Crippen molar-refractivity contribution in [1.82, 2.24) is 0 Å². The summed E-state index contributed by atoms with van der Waals surface area (Å²) in [5.74, 6) is 0.572. The van der Waals surface area contributed by atoms with Crippen molar-refractivity contribution in [1.29, 1.82) is 5.26 Å². The third kappa shape index (κ3) is 5.73. The Hall–Kier alpha value is -1.58. The van der Waals surface area contributed by atoms with Crippen LogP contribution in [-0.2, 0) is 14.6 Å². The molecule has 0 spiro atoms. The van der Waals surface area contributed by atoms with Crippen molar-refractivity contribution in [2.24, 2.45) is 0 Å². The molecule has 0 bridgehead atoms. The van der Waals surface area contributed by atoms with Crippen molar-refractivity contribution >= 4 is 9.84 Å². The van der Waals surface area contributed by atoms with E-state index in [0.717, 1.165) is 0 Å². The molecule has 6 heteroatoms. The van der Waals surface area contributed by atoms with E-state index in [4.69, 9.17) is 14.7 Å². The zero-order valence-electron chi connectivity index (χ0n) is 10.8. The fraction of sp³-hybridized carbons (Fsp3) is 0.462. The van der Waals surface area contributed by atoms with Crippen LogP contribution in [0.15, 0.2) is 24.3 Å². The molecule has 1 rings (SSSR count). The molecule has 0 atom stereocenters. The Bertz CT molecular complexity index is 534. The number of rotatable bonds is 8. The first kappa shape index (κ1) is 15.5. The van der Waals surface area contributed by atoms with Gasteiger partial charge in [-0.3, -0.25) is 0 Å². The fourth-order valence-corrected chi connectivity index (χ4v) is 2.64. The standard InChI is InChI=1S/C13H17NO4S/c1-17-8-10-19(15,16)9-4-7-18-13-6-3-2-5-12(13)11-14/h2-3,5-6H,4,7-10H2,1H3. The molecule has 1 aromatic carbocycles. The summed E-state index contributed by atoms with van der Waals surface area (Å²) in [5, 5.41) is 8.86. The normalized spacial score (nSPS) is 10.9. The average molecular weight is 283 g/mol. The van der Waals surface area contributed by atoms with Crippen LogP contribution in [0.2, 0.25) is 0 Å². The van der Waals surface area contributed by atoms with E-state index in [0.29, 0.717) is 17.7 Å². The third-order valence-corrected chi connectivity index (χ3v) is 4.16. The van der Waals surface area contributed by atoms with E-state index in [9.17, 15) is 8.42 Å². The molecule has 5 nitrogen and oxygen atoms in total. The lowest BCUT2D eigenvalue weighted by Gasteiger charge is -2.07. The van der Waals surface area contributed by atoms with E-state index < -0.39 is 9.84 Å². The van der Waals surface area contributed by atoms with E-state index in [1.165, 1.54) is 7.11 Å². The van der Waals surface area contributed by atoms with Gasteiger partial charge in [-0.1, -0.05) is 12.1 Å². The molecule has 0 heterocycles. The molecule has 0 unspecified atom stereocenters. The van der Waals surface area contributed by atoms with Gasteiger partial charge in [-0.2, -0.15) is 5.26 Å². The molecule has 0 aliphatic carbocycles. The Labute approximate surface area is 113 Å². The molecule has 0 aliphatic rings. The summed E-state index contributed by atoms with van der Waals surface area (Å²) in [4.78, 5) is 0. The number of hydrogen-bond acceptors (Lipinski definition) is 5. The minimum Gasteiger partial charge on any atom is -0.492 e. The van der Waals surface area contributed by atoms with Crippen molar-refractivity contribution in [3.05, 3.63) is 29.8 Å². The second-order valence-electron chi connectivity index (χ2n) is 3.95. The number of para-hydroxylation sites is 1. The number of benzene rings is 1. The van der Waals surface area contributed by atoms with Gasteiger partial charge in [0.2, 0.25) is 0 Å². The quantitative estimate of drug-likeness (QED) is 0.674. The number of ether oxygens (including phenoxy) is 2. The number of nitrogens with zero attached hydrogens (tertiary/aromatic N) is 1. The highest BCUT2D eigenvalue weighted by atomic mass is 32.2. The molecule has 0 aromatic heterocycles. The molecule has 0 saturated carbocycles. The maximum atomic E-state index is 11.5. The highest BCUT2D eigenvalue weighted by molar-refractivity contribution is 7.91. The number of methoxy groups -OCH3 is 1. The maximum Gasteiger partial charge on any atom is 0.152 e. The first-order valence-corrected chi connectivity index (χ1v) is 7.72. The van der Waals surface area contributed by atoms with Crippen LogP contribution in [-0.4, -0.2) is 40.2 Å². The van der Waals surface area contributed by atoms with Gasteiger partial charge >= 0.3 is 0 Å². The summed E-state index contributed by atoms with van der Waals surface area (Å²) >= 11 is 0. The molecule has 104 valence electrons. The Balaban J connectivity index is 2.37. The van der Waals surface area contributed by atoms with Gasteiger partial charge in [0, 0.05) is 7.11 Å². The SMILES string of the molecule is COCCS(=O)(=O)CCCOc1ccccc1C#N. The largest absolute Gasteiger partial charge is 0.492 e. The van der Waals surface area contributed by atoms with Crippen molar-refractivity contribution < 1.29 is 17.9 Å². The van der Waals surface area contributed by atoms with E-state index in [-0.39, 0.29) is 24.7 Å². The van der Waals surface area contributed by atoms with E-state index in [2.05, 4.69) is 0 Å². The Morgan fingerprint density at radius 2 is 1.95 bits per heavy atom. The van der Waals surface area contributed by atoms with E-state index in [1.807, 2.05) is 6.07 Å². The van der Waals surface area contributed by atoms with Gasteiger partial charge in [0.25, 0.3) is 0 Å². The van der Waals surface area contributed by atoms with Gasteiger partial charge in [-0.15, -0.1) is 0 Å². The first-order chi connectivity index (χ1) is 9.09. The average Bonchev–Trinajstić information content (AvgIpc) is 2.42. The lowest BCUT2D eigenvalue weighted by Crippen LogP contribution is -2.16. The highest BCUT2D eigenvalue weighted by Gasteiger charge is 2.10. The lowest BCUT2D eigenvalue weighted by atomic mass is 10.2.